The number of hydrogen-bond donors (Lipinski definition) is 2. The molecule has 15 heavy (non-hydrogen) atoms. The number of ether oxygens (including phenoxy) is 1. The molecule has 1 atom stereocenters. The Hall–Kier alpha value is -1.42. The zero-order valence-electron chi connectivity index (χ0n) is 8.57. The molecule has 0 spiro atoms. The lowest BCUT2D eigenvalue weighted by molar-refractivity contribution is 0.264. The van der Waals surface area contributed by atoms with Crippen LogP contribution >= 0.6 is 11.6 Å². The van der Waals surface area contributed by atoms with Crippen LogP contribution in [-0.2, 0) is 0 Å². The maximum atomic E-state index is 8.46. The van der Waals surface area contributed by atoms with Crippen molar-refractivity contribution in [1.29, 1.82) is 0 Å². The predicted molar refractivity (Wildman–Crippen MR) is 59.7 cm³/mol. The molecule has 0 bridgehead atoms. The van der Waals surface area contributed by atoms with Crippen LogP contribution in [0.2, 0.25) is 5.02 Å². The van der Waals surface area contributed by atoms with Crippen molar-refractivity contribution in [2.24, 2.45) is 10.9 Å². The van der Waals surface area contributed by atoms with Gasteiger partial charge in [-0.15, -0.1) is 0 Å². The summed E-state index contributed by atoms with van der Waals surface area (Å²) in [5, 5.41) is 12.0. The van der Waals surface area contributed by atoms with Crippen molar-refractivity contribution in [2.75, 3.05) is 0 Å². The first-order valence-electron chi connectivity index (χ1n) is 4.45. The predicted octanol–water partition coefficient (Wildman–Crippen LogP) is 2.16. The van der Waals surface area contributed by atoms with E-state index in [0.717, 1.165) is 5.56 Å². The largest absolute Gasteiger partial charge is 0.482 e. The highest BCUT2D eigenvalue weighted by molar-refractivity contribution is 6.30. The Morgan fingerprint density at radius 3 is 2.80 bits per heavy atom. The number of hydrogen-bond acceptors (Lipinski definition) is 3. The van der Waals surface area contributed by atoms with E-state index >= 15 is 0 Å². The monoisotopic (exact) mass is 228 g/mol. The lowest BCUT2D eigenvalue weighted by atomic mass is 10.2. The van der Waals surface area contributed by atoms with Gasteiger partial charge in [0.1, 0.15) is 5.75 Å². The summed E-state index contributed by atoms with van der Waals surface area (Å²) < 4.78 is 5.48. The second kappa shape index (κ2) is 4.89. The van der Waals surface area contributed by atoms with Crippen LogP contribution in [0.5, 0.6) is 5.75 Å². The highest BCUT2D eigenvalue weighted by atomic mass is 35.5. The number of nitrogens with zero attached hydrogens (tertiary/aromatic N) is 1. The average Bonchev–Trinajstić information content (AvgIpc) is 2.20. The number of rotatable bonds is 3. The molecule has 82 valence electrons. The molecule has 1 unspecified atom stereocenters. The first kappa shape index (κ1) is 11.7. The van der Waals surface area contributed by atoms with Crippen LogP contribution in [0.1, 0.15) is 12.5 Å². The first-order chi connectivity index (χ1) is 7.04. The Bertz CT molecular complexity index is 380. The molecule has 1 rings (SSSR count). The summed E-state index contributed by atoms with van der Waals surface area (Å²) in [4.78, 5) is 0. The molecule has 0 saturated heterocycles. The van der Waals surface area contributed by atoms with Gasteiger partial charge in [0.25, 0.3) is 0 Å². The number of benzene rings is 1. The third-order valence-electron chi connectivity index (χ3n) is 1.97. The normalized spacial score (nSPS) is 13.7. The van der Waals surface area contributed by atoms with Crippen LogP contribution in [-0.4, -0.2) is 17.1 Å². The number of amidine groups is 1. The van der Waals surface area contributed by atoms with Crippen LogP contribution in [0.15, 0.2) is 23.4 Å². The van der Waals surface area contributed by atoms with E-state index in [1.165, 1.54) is 0 Å². The van der Waals surface area contributed by atoms with Crippen molar-refractivity contribution in [1.82, 2.24) is 0 Å². The van der Waals surface area contributed by atoms with Crippen LogP contribution in [0.3, 0.4) is 0 Å². The Balaban J connectivity index is 2.81. The molecule has 0 aromatic heterocycles. The molecule has 0 fully saturated rings. The minimum atomic E-state index is -0.477. The molecule has 0 radical (unpaired) electrons. The lowest BCUT2D eigenvalue weighted by Crippen LogP contribution is -2.31. The van der Waals surface area contributed by atoms with Crippen LogP contribution < -0.4 is 10.5 Å². The van der Waals surface area contributed by atoms with Gasteiger partial charge in [0.05, 0.1) is 0 Å². The van der Waals surface area contributed by atoms with Crippen LogP contribution in [0.4, 0.5) is 0 Å². The molecule has 3 N–H and O–H groups in total. The topological polar surface area (TPSA) is 67.8 Å². The van der Waals surface area contributed by atoms with Crippen molar-refractivity contribution in [3.8, 4) is 5.75 Å². The molecule has 0 saturated carbocycles. The van der Waals surface area contributed by atoms with Crippen molar-refractivity contribution >= 4 is 17.4 Å². The van der Waals surface area contributed by atoms with Gasteiger partial charge in [0.15, 0.2) is 11.9 Å². The summed E-state index contributed by atoms with van der Waals surface area (Å²) in [7, 11) is 0. The second-order valence-electron chi connectivity index (χ2n) is 3.19. The van der Waals surface area contributed by atoms with Gasteiger partial charge in [-0.3, -0.25) is 0 Å². The fourth-order valence-electron chi connectivity index (χ4n) is 1.08. The van der Waals surface area contributed by atoms with Gasteiger partial charge >= 0.3 is 0 Å². The van der Waals surface area contributed by atoms with Crippen molar-refractivity contribution in [2.45, 2.75) is 20.0 Å². The highest BCUT2D eigenvalue weighted by Gasteiger charge is 2.10. The second-order valence-corrected chi connectivity index (χ2v) is 3.63. The standard InChI is InChI=1S/C10H13ClN2O2/c1-6-5-8(11)3-4-9(6)15-7(2)10(12)13-14/h3-5,7,14H,1-2H3,(H2,12,13). The molecule has 0 aliphatic heterocycles. The van der Waals surface area contributed by atoms with Gasteiger partial charge in [0.2, 0.25) is 0 Å². The highest BCUT2D eigenvalue weighted by Crippen LogP contribution is 2.22. The summed E-state index contributed by atoms with van der Waals surface area (Å²) in [5.41, 5.74) is 6.30. The van der Waals surface area contributed by atoms with Crippen LogP contribution in [0, 0.1) is 6.92 Å². The molecule has 0 aliphatic carbocycles. The van der Waals surface area contributed by atoms with E-state index in [-0.39, 0.29) is 5.84 Å². The van der Waals surface area contributed by atoms with Crippen molar-refractivity contribution < 1.29 is 9.94 Å². The Kier molecular flexibility index (Phi) is 3.80. The zero-order chi connectivity index (χ0) is 11.4. The lowest BCUT2D eigenvalue weighted by Gasteiger charge is -2.14. The molecule has 0 aliphatic rings. The summed E-state index contributed by atoms with van der Waals surface area (Å²) in [6.45, 7) is 3.57. The van der Waals surface area contributed by atoms with Gasteiger partial charge in [-0.25, -0.2) is 0 Å². The van der Waals surface area contributed by atoms with Gasteiger partial charge in [-0.05, 0) is 37.6 Å². The van der Waals surface area contributed by atoms with E-state index in [1.807, 2.05) is 6.92 Å². The number of oxime groups is 1. The maximum Gasteiger partial charge on any atom is 0.180 e. The average molecular weight is 229 g/mol. The Morgan fingerprint density at radius 1 is 1.60 bits per heavy atom. The van der Waals surface area contributed by atoms with Crippen LogP contribution in [0.25, 0.3) is 0 Å². The first-order valence-corrected chi connectivity index (χ1v) is 4.82. The SMILES string of the molecule is Cc1cc(Cl)ccc1OC(C)C(N)=NO. The van der Waals surface area contributed by atoms with E-state index in [2.05, 4.69) is 5.16 Å². The smallest absolute Gasteiger partial charge is 0.180 e. The minimum absolute atomic E-state index is 0.0318. The summed E-state index contributed by atoms with van der Waals surface area (Å²) >= 11 is 5.80. The molecule has 4 nitrogen and oxygen atoms in total. The van der Waals surface area contributed by atoms with Crippen molar-refractivity contribution in [3.05, 3.63) is 28.8 Å². The fourth-order valence-corrected chi connectivity index (χ4v) is 1.30. The molecule has 0 heterocycles. The number of halogens is 1. The summed E-state index contributed by atoms with van der Waals surface area (Å²) in [5.74, 6) is 0.697. The Morgan fingerprint density at radius 2 is 2.27 bits per heavy atom. The summed E-state index contributed by atoms with van der Waals surface area (Å²) in [6.07, 6.45) is -0.477. The molecule has 1 aromatic carbocycles. The van der Waals surface area contributed by atoms with E-state index in [0.29, 0.717) is 10.8 Å². The third-order valence-corrected chi connectivity index (χ3v) is 2.21. The quantitative estimate of drug-likeness (QED) is 0.361. The minimum Gasteiger partial charge on any atom is -0.482 e. The van der Waals surface area contributed by atoms with E-state index in [4.69, 9.17) is 27.3 Å². The molecule has 5 heteroatoms. The van der Waals surface area contributed by atoms with Gasteiger partial charge < -0.3 is 15.7 Å². The Labute approximate surface area is 93.3 Å². The molecular weight excluding hydrogens is 216 g/mol. The van der Waals surface area contributed by atoms with Gasteiger partial charge in [0, 0.05) is 5.02 Å². The van der Waals surface area contributed by atoms with Gasteiger partial charge in [-0.1, -0.05) is 16.8 Å². The van der Waals surface area contributed by atoms with Crippen molar-refractivity contribution in [3.63, 3.8) is 0 Å². The molecule has 1 aromatic rings. The summed E-state index contributed by atoms with van der Waals surface area (Å²) in [6, 6.07) is 5.26. The maximum absolute atomic E-state index is 8.46. The number of aryl methyl sites for hydroxylation is 1. The number of nitrogens with two attached hydrogens (primary N) is 1. The van der Waals surface area contributed by atoms with E-state index in [1.54, 1.807) is 25.1 Å². The molecular formula is C10H13ClN2O2. The van der Waals surface area contributed by atoms with E-state index in [9.17, 15) is 0 Å². The van der Waals surface area contributed by atoms with Gasteiger partial charge in [-0.2, -0.15) is 0 Å². The van der Waals surface area contributed by atoms with E-state index < -0.39 is 6.10 Å². The third kappa shape index (κ3) is 3.02. The molecule has 0 amide bonds. The zero-order valence-corrected chi connectivity index (χ0v) is 9.32. The fraction of sp³-hybridized carbons (Fsp3) is 0.300.